The Balaban J connectivity index is 1.03. The van der Waals surface area contributed by atoms with Gasteiger partial charge in [-0.25, -0.2) is 4.98 Å². The molecule has 0 saturated carbocycles. The van der Waals surface area contributed by atoms with E-state index in [9.17, 15) is 22.8 Å². The third-order valence-corrected chi connectivity index (χ3v) is 9.51. The Hall–Kier alpha value is -3.34. The molecular weight excluding hydrogens is 571 g/mol. The maximum absolute atomic E-state index is 13.4. The number of halogens is 3. The minimum absolute atomic E-state index is 0.0255. The fourth-order valence-corrected chi connectivity index (χ4v) is 6.71. The van der Waals surface area contributed by atoms with E-state index < -0.39 is 11.7 Å². The lowest BCUT2D eigenvalue weighted by atomic mass is 9.73. The second-order valence-corrected chi connectivity index (χ2v) is 12.3. The highest BCUT2D eigenvalue weighted by atomic mass is 19.4. The molecule has 8 nitrogen and oxygen atoms in total. The van der Waals surface area contributed by atoms with Gasteiger partial charge >= 0.3 is 6.18 Å². The summed E-state index contributed by atoms with van der Waals surface area (Å²) in [5.74, 6) is 1.46. The smallest absolute Gasteiger partial charge is 0.417 e. The van der Waals surface area contributed by atoms with Crippen molar-refractivity contribution in [3.8, 4) is 5.75 Å². The number of carbonyl (C=O) groups excluding carboxylic acids is 2. The molecule has 2 aromatic rings. The van der Waals surface area contributed by atoms with Gasteiger partial charge in [0, 0.05) is 38.3 Å². The Kier molecular flexibility index (Phi) is 10.7. The number of aromatic nitrogens is 1. The summed E-state index contributed by atoms with van der Waals surface area (Å²) in [4.78, 5) is 34.5. The predicted octanol–water partition coefficient (Wildman–Crippen LogP) is 4.83. The van der Waals surface area contributed by atoms with Gasteiger partial charge in [0.05, 0.1) is 17.5 Å². The number of alkyl halides is 3. The van der Waals surface area contributed by atoms with Gasteiger partial charge in [-0.1, -0.05) is 31.0 Å². The number of likely N-dealkylation sites (tertiary alicyclic amines) is 1. The highest BCUT2D eigenvalue weighted by molar-refractivity contribution is 5.82. The maximum atomic E-state index is 13.4. The summed E-state index contributed by atoms with van der Waals surface area (Å²) < 4.78 is 44.5. The summed E-state index contributed by atoms with van der Waals surface area (Å²) in [7, 11) is 0. The van der Waals surface area contributed by atoms with Crippen molar-refractivity contribution in [3.63, 3.8) is 0 Å². The molecule has 0 atom stereocenters. The van der Waals surface area contributed by atoms with Crippen LogP contribution in [0.4, 0.5) is 19.0 Å². The van der Waals surface area contributed by atoms with E-state index in [-0.39, 0.29) is 23.1 Å². The van der Waals surface area contributed by atoms with Crippen molar-refractivity contribution in [2.75, 3.05) is 57.3 Å². The van der Waals surface area contributed by atoms with Gasteiger partial charge in [0.1, 0.15) is 18.2 Å². The monoisotopic (exact) mass is 615 g/mol. The zero-order valence-electron chi connectivity index (χ0n) is 25.3. The van der Waals surface area contributed by atoms with Gasteiger partial charge in [-0.2, -0.15) is 13.2 Å². The fraction of sp³-hybridized carbons (Fsp3) is 0.606. The zero-order chi connectivity index (χ0) is 31.0. The number of rotatable bonds is 5. The maximum Gasteiger partial charge on any atom is 0.417 e. The number of fused-ring (bicyclic) bond motifs is 1. The molecule has 2 fully saturated rings. The van der Waals surface area contributed by atoms with Crippen molar-refractivity contribution >= 4 is 17.6 Å². The van der Waals surface area contributed by atoms with E-state index in [4.69, 9.17) is 4.74 Å². The van der Waals surface area contributed by atoms with Gasteiger partial charge in [-0.15, -0.1) is 0 Å². The van der Waals surface area contributed by atoms with E-state index in [1.165, 1.54) is 11.6 Å². The number of anilines is 1. The summed E-state index contributed by atoms with van der Waals surface area (Å²) in [5.41, 5.74) is 0.117. The first kappa shape index (κ1) is 32.1. The molecule has 4 heterocycles. The van der Waals surface area contributed by atoms with Gasteiger partial charge in [0.15, 0.2) is 0 Å². The first-order valence-electron chi connectivity index (χ1n) is 16.0. The minimum atomic E-state index is -4.41. The Morgan fingerprint density at radius 1 is 1.02 bits per heavy atom. The highest BCUT2D eigenvalue weighted by Gasteiger charge is 2.40. The zero-order valence-corrected chi connectivity index (χ0v) is 25.3. The van der Waals surface area contributed by atoms with Gasteiger partial charge in [-0.3, -0.25) is 9.59 Å². The van der Waals surface area contributed by atoms with Crippen LogP contribution < -0.4 is 20.3 Å². The molecule has 3 aliphatic rings. The van der Waals surface area contributed by atoms with Crippen molar-refractivity contribution < 1.29 is 27.5 Å². The number of hydrogen-bond donors (Lipinski definition) is 2. The number of piperidine rings is 2. The fourth-order valence-electron chi connectivity index (χ4n) is 6.71. The second-order valence-electron chi connectivity index (χ2n) is 12.3. The molecule has 0 bridgehead atoms. The van der Waals surface area contributed by atoms with Crippen molar-refractivity contribution in [3.05, 3.63) is 53.7 Å². The molecule has 11 heteroatoms. The predicted molar refractivity (Wildman–Crippen MR) is 162 cm³/mol. The van der Waals surface area contributed by atoms with Crippen molar-refractivity contribution in [2.45, 2.75) is 64.0 Å². The van der Waals surface area contributed by atoms with E-state index in [0.29, 0.717) is 51.4 Å². The summed E-state index contributed by atoms with van der Waals surface area (Å²) in [6.07, 6.45) is 4.41. The Morgan fingerprint density at radius 2 is 1.80 bits per heavy atom. The largest absolute Gasteiger partial charge is 0.491 e. The lowest BCUT2D eigenvalue weighted by Crippen LogP contribution is -2.50. The van der Waals surface area contributed by atoms with Crippen LogP contribution in [-0.2, 0) is 22.2 Å². The van der Waals surface area contributed by atoms with Gasteiger partial charge in [0.2, 0.25) is 11.8 Å². The molecule has 5 rings (SSSR count). The van der Waals surface area contributed by atoms with Crippen LogP contribution >= 0.6 is 0 Å². The average Bonchev–Trinajstić information content (AvgIpc) is 3.04. The standard InChI is InChI=1S/C33H44F3N5O3/c34-33(35,36)27-9-10-29(39-24-27)41-18-11-26(12-19-41)30(42)37-16-22-40-20-14-32(15-21-40)13-5-1-2-6-25-7-3-4-8-28(25)44-23-17-38-31(32)43/h3-4,7-10,24,26H,1-2,5-6,11-23H2,(H,37,42)(H,38,43). The topological polar surface area (TPSA) is 86.8 Å². The molecule has 2 saturated heterocycles. The van der Waals surface area contributed by atoms with Crippen LogP contribution in [0.15, 0.2) is 42.6 Å². The van der Waals surface area contributed by atoms with Gasteiger partial charge in [-0.05, 0) is 81.8 Å². The van der Waals surface area contributed by atoms with Crippen LogP contribution in [0.1, 0.15) is 62.5 Å². The first-order chi connectivity index (χ1) is 21.2. The van der Waals surface area contributed by atoms with Crippen LogP contribution in [0.5, 0.6) is 5.75 Å². The normalized spacial score (nSPS) is 20.8. The third-order valence-electron chi connectivity index (χ3n) is 9.51. The van der Waals surface area contributed by atoms with Gasteiger partial charge < -0.3 is 25.2 Å². The molecule has 2 amide bonds. The average molecular weight is 616 g/mol. The van der Waals surface area contributed by atoms with Crippen LogP contribution in [0.3, 0.4) is 0 Å². The third kappa shape index (κ3) is 8.22. The summed E-state index contributed by atoms with van der Waals surface area (Å²) in [5, 5.41) is 6.24. The number of carbonyl (C=O) groups is 2. The van der Waals surface area contributed by atoms with E-state index in [2.05, 4.69) is 26.6 Å². The quantitative estimate of drug-likeness (QED) is 0.502. The number of para-hydroxylation sites is 1. The molecular formula is C33H44F3N5O3. The molecule has 3 aliphatic heterocycles. The molecule has 44 heavy (non-hydrogen) atoms. The molecule has 0 unspecified atom stereocenters. The number of pyridine rings is 1. The number of hydrogen-bond acceptors (Lipinski definition) is 6. The van der Waals surface area contributed by atoms with Crippen molar-refractivity contribution in [1.82, 2.24) is 20.5 Å². The lowest BCUT2D eigenvalue weighted by molar-refractivity contribution is -0.138. The van der Waals surface area contributed by atoms with Crippen molar-refractivity contribution in [1.29, 1.82) is 0 Å². The summed E-state index contributed by atoms with van der Waals surface area (Å²) >= 11 is 0. The molecule has 1 aromatic carbocycles. The number of nitrogens with zero attached hydrogens (tertiary/aromatic N) is 3. The number of nitrogens with one attached hydrogen (secondary N) is 2. The van der Waals surface area contributed by atoms with E-state index >= 15 is 0 Å². The summed E-state index contributed by atoms with van der Waals surface area (Å²) in [6, 6.07) is 10.6. The van der Waals surface area contributed by atoms with E-state index in [0.717, 1.165) is 82.6 Å². The molecule has 0 radical (unpaired) electrons. The summed E-state index contributed by atoms with van der Waals surface area (Å²) in [6.45, 7) is 5.03. The second kappa shape index (κ2) is 14.6. The Morgan fingerprint density at radius 3 is 2.52 bits per heavy atom. The minimum Gasteiger partial charge on any atom is -0.491 e. The molecule has 2 N–H and O–H groups in total. The molecule has 240 valence electrons. The number of amides is 2. The Bertz CT molecular complexity index is 1240. The van der Waals surface area contributed by atoms with E-state index in [1.807, 2.05) is 23.1 Å². The number of aryl methyl sites for hydroxylation is 1. The number of benzene rings is 1. The first-order valence-corrected chi connectivity index (χ1v) is 16.0. The van der Waals surface area contributed by atoms with Crippen LogP contribution in [0, 0.1) is 11.3 Å². The highest BCUT2D eigenvalue weighted by Crippen LogP contribution is 2.37. The van der Waals surface area contributed by atoms with Crippen LogP contribution in [-0.4, -0.2) is 74.1 Å². The molecule has 1 aromatic heterocycles. The van der Waals surface area contributed by atoms with Crippen molar-refractivity contribution in [2.24, 2.45) is 11.3 Å². The number of ether oxygens (including phenoxy) is 1. The Labute approximate surface area is 257 Å². The molecule has 1 spiro atoms. The van der Waals surface area contributed by atoms with Crippen LogP contribution in [0.25, 0.3) is 0 Å². The lowest BCUT2D eigenvalue weighted by Gasteiger charge is -2.41. The van der Waals surface area contributed by atoms with Gasteiger partial charge in [0.25, 0.3) is 0 Å². The molecule has 0 aliphatic carbocycles. The van der Waals surface area contributed by atoms with E-state index in [1.54, 1.807) is 0 Å². The van der Waals surface area contributed by atoms with Crippen LogP contribution in [0.2, 0.25) is 0 Å². The SMILES string of the molecule is O=C(NCCN1CCC2(CCCCCc3ccccc3OCCNC2=O)CC1)C1CCN(c2ccc(C(F)(F)F)cn2)CC1.